The van der Waals surface area contributed by atoms with Crippen LogP contribution in [0, 0.1) is 20.8 Å². The fourth-order valence-corrected chi connectivity index (χ4v) is 5.35. The molecule has 0 aliphatic carbocycles. The predicted octanol–water partition coefficient (Wildman–Crippen LogP) is 3.76. The van der Waals surface area contributed by atoms with Gasteiger partial charge in [-0.15, -0.1) is 0 Å². The third-order valence-corrected chi connectivity index (χ3v) is 7.39. The Morgan fingerprint density at radius 3 is 2.47 bits per heavy atom. The van der Waals surface area contributed by atoms with E-state index >= 15 is 0 Å². The molecule has 0 bridgehead atoms. The minimum absolute atomic E-state index is 0.128. The van der Waals surface area contributed by atoms with E-state index < -0.39 is 22.0 Å². The van der Waals surface area contributed by atoms with Gasteiger partial charge in [-0.25, -0.2) is 8.42 Å². The third kappa shape index (κ3) is 5.02. The first kappa shape index (κ1) is 23.6. The van der Waals surface area contributed by atoms with Crippen LogP contribution in [-0.4, -0.2) is 40.1 Å². The van der Waals surface area contributed by atoms with Crippen molar-refractivity contribution in [2.45, 2.75) is 31.8 Å². The quantitative estimate of drug-likeness (QED) is 0.521. The molecule has 178 valence electrons. The van der Waals surface area contributed by atoms with Gasteiger partial charge in [-0.2, -0.15) is 0 Å². The summed E-state index contributed by atoms with van der Waals surface area (Å²) in [6, 6.07) is 19.4. The van der Waals surface area contributed by atoms with Crippen molar-refractivity contribution in [3.05, 3.63) is 83.4 Å². The van der Waals surface area contributed by atoms with E-state index in [9.17, 15) is 13.2 Å². The number of ether oxygens (including phenoxy) is 2. The number of rotatable bonds is 7. The van der Waals surface area contributed by atoms with E-state index in [0.29, 0.717) is 11.4 Å². The number of benzene rings is 3. The average Bonchev–Trinajstić information content (AvgIpc) is 2.82. The van der Waals surface area contributed by atoms with Gasteiger partial charge in [0.25, 0.3) is 15.9 Å². The molecule has 0 spiro atoms. The van der Waals surface area contributed by atoms with Crippen molar-refractivity contribution in [3.63, 3.8) is 0 Å². The van der Waals surface area contributed by atoms with Gasteiger partial charge >= 0.3 is 0 Å². The molecule has 1 amide bonds. The van der Waals surface area contributed by atoms with Crippen molar-refractivity contribution in [1.82, 2.24) is 5.32 Å². The number of anilines is 1. The Bertz CT molecular complexity index is 1290. The Balaban J connectivity index is 1.47. The van der Waals surface area contributed by atoms with Crippen molar-refractivity contribution >= 4 is 21.6 Å². The normalized spacial score (nSPS) is 15.3. The summed E-state index contributed by atoms with van der Waals surface area (Å²) in [7, 11) is -3.88. The van der Waals surface area contributed by atoms with Crippen LogP contribution in [0.3, 0.4) is 0 Å². The van der Waals surface area contributed by atoms with E-state index in [1.165, 1.54) is 16.4 Å². The molecule has 8 heteroatoms. The van der Waals surface area contributed by atoms with Crippen LogP contribution in [0.4, 0.5) is 5.69 Å². The fourth-order valence-electron chi connectivity index (χ4n) is 3.86. The summed E-state index contributed by atoms with van der Waals surface area (Å²) in [5.74, 6) is 0.723. The summed E-state index contributed by atoms with van der Waals surface area (Å²) in [6.45, 7) is 6.28. The second-order valence-electron chi connectivity index (χ2n) is 8.34. The Hall–Kier alpha value is -3.52. The topological polar surface area (TPSA) is 84.9 Å². The van der Waals surface area contributed by atoms with Crippen LogP contribution in [0.25, 0.3) is 0 Å². The molecule has 3 aromatic rings. The molecular formula is C26H28N2O5S. The van der Waals surface area contributed by atoms with Gasteiger partial charge in [0.05, 0.1) is 23.7 Å². The summed E-state index contributed by atoms with van der Waals surface area (Å²) >= 11 is 0. The lowest BCUT2D eigenvalue weighted by Gasteiger charge is -2.35. The van der Waals surface area contributed by atoms with Gasteiger partial charge in [0.15, 0.2) is 6.10 Å². The van der Waals surface area contributed by atoms with Gasteiger partial charge in [-0.1, -0.05) is 42.0 Å². The molecule has 1 heterocycles. The number of fused-ring (bicyclic) bond motifs is 1. The monoisotopic (exact) mass is 480 g/mol. The molecule has 34 heavy (non-hydrogen) atoms. The van der Waals surface area contributed by atoms with E-state index in [-0.39, 0.29) is 24.6 Å². The molecule has 1 unspecified atom stereocenters. The smallest absolute Gasteiger partial charge is 0.264 e. The zero-order valence-electron chi connectivity index (χ0n) is 19.4. The molecule has 4 rings (SSSR count). The molecule has 0 aromatic heterocycles. The summed E-state index contributed by atoms with van der Waals surface area (Å²) in [6.07, 6.45) is -0.992. The van der Waals surface area contributed by atoms with Crippen LogP contribution in [0.5, 0.6) is 11.5 Å². The zero-order valence-corrected chi connectivity index (χ0v) is 20.3. The third-order valence-electron chi connectivity index (χ3n) is 5.60. The standard InChI is InChI=1S/C26H28N2O5S/c1-18-10-12-23(20(3)15-18)32-14-13-27-26(29)25-17-28(22-11-9-19(2)16-24(22)33-25)34(30,31)21-7-5-4-6-8-21/h4-12,15-16,25H,13-14,17H2,1-3H3,(H,27,29). The molecular weight excluding hydrogens is 452 g/mol. The highest BCUT2D eigenvalue weighted by atomic mass is 32.2. The fraction of sp³-hybridized carbons (Fsp3) is 0.269. The van der Waals surface area contributed by atoms with Crippen molar-refractivity contribution < 1.29 is 22.7 Å². The SMILES string of the molecule is Cc1ccc(OCCNC(=O)C2CN(S(=O)(=O)c3ccccc3)c3ccc(C)cc3O2)c(C)c1. The van der Waals surface area contributed by atoms with Crippen LogP contribution < -0.4 is 19.1 Å². The molecule has 0 saturated heterocycles. The lowest BCUT2D eigenvalue weighted by atomic mass is 10.1. The van der Waals surface area contributed by atoms with E-state index in [1.54, 1.807) is 30.3 Å². The van der Waals surface area contributed by atoms with Gasteiger partial charge in [0.2, 0.25) is 0 Å². The van der Waals surface area contributed by atoms with E-state index in [0.717, 1.165) is 22.4 Å². The molecule has 0 saturated carbocycles. The van der Waals surface area contributed by atoms with Gasteiger partial charge < -0.3 is 14.8 Å². The Morgan fingerprint density at radius 2 is 1.74 bits per heavy atom. The van der Waals surface area contributed by atoms with Crippen LogP contribution in [0.2, 0.25) is 0 Å². The molecule has 1 aliphatic heterocycles. The first-order valence-corrected chi connectivity index (χ1v) is 12.5. The highest BCUT2D eigenvalue weighted by Crippen LogP contribution is 2.37. The Labute approximate surface area is 200 Å². The van der Waals surface area contributed by atoms with Gasteiger partial charge in [-0.3, -0.25) is 9.10 Å². The number of carbonyl (C=O) groups excluding carboxylic acids is 1. The van der Waals surface area contributed by atoms with Crippen LogP contribution in [0.15, 0.2) is 71.6 Å². The maximum Gasteiger partial charge on any atom is 0.264 e. The van der Waals surface area contributed by atoms with Gasteiger partial charge in [0, 0.05) is 0 Å². The number of nitrogens with zero attached hydrogens (tertiary/aromatic N) is 1. The molecule has 0 fully saturated rings. The average molecular weight is 481 g/mol. The first-order valence-electron chi connectivity index (χ1n) is 11.1. The lowest BCUT2D eigenvalue weighted by molar-refractivity contribution is -0.127. The molecule has 3 aromatic carbocycles. The summed E-state index contributed by atoms with van der Waals surface area (Å²) in [5.41, 5.74) is 3.49. The largest absolute Gasteiger partial charge is 0.491 e. The number of hydrogen-bond donors (Lipinski definition) is 1. The van der Waals surface area contributed by atoms with Crippen molar-refractivity contribution in [1.29, 1.82) is 0 Å². The number of sulfonamides is 1. The summed E-state index contributed by atoms with van der Waals surface area (Å²) in [5, 5.41) is 2.80. The summed E-state index contributed by atoms with van der Waals surface area (Å²) < 4.78 is 39.7. The second-order valence-corrected chi connectivity index (χ2v) is 10.2. The molecule has 0 radical (unpaired) electrons. The van der Waals surface area contributed by atoms with Crippen molar-refractivity contribution in [2.24, 2.45) is 0 Å². The molecule has 1 N–H and O–H groups in total. The maximum absolute atomic E-state index is 13.4. The minimum Gasteiger partial charge on any atom is -0.491 e. The lowest BCUT2D eigenvalue weighted by Crippen LogP contribution is -2.51. The zero-order chi connectivity index (χ0) is 24.3. The molecule has 7 nitrogen and oxygen atoms in total. The van der Waals surface area contributed by atoms with Crippen molar-refractivity contribution in [2.75, 3.05) is 24.0 Å². The number of nitrogens with one attached hydrogen (secondary N) is 1. The number of aryl methyl sites for hydroxylation is 3. The highest BCUT2D eigenvalue weighted by molar-refractivity contribution is 7.92. The van der Waals surface area contributed by atoms with Gasteiger partial charge in [0.1, 0.15) is 18.1 Å². The Morgan fingerprint density at radius 1 is 1.03 bits per heavy atom. The first-order chi connectivity index (χ1) is 16.3. The minimum atomic E-state index is -3.88. The summed E-state index contributed by atoms with van der Waals surface area (Å²) in [4.78, 5) is 13.1. The molecule has 1 atom stereocenters. The van der Waals surface area contributed by atoms with E-state index in [2.05, 4.69) is 5.32 Å². The van der Waals surface area contributed by atoms with Crippen LogP contribution >= 0.6 is 0 Å². The highest BCUT2D eigenvalue weighted by Gasteiger charge is 2.37. The molecule has 1 aliphatic rings. The maximum atomic E-state index is 13.4. The van der Waals surface area contributed by atoms with Crippen molar-refractivity contribution in [3.8, 4) is 11.5 Å². The van der Waals surface area contributed by atoms with E-state index in [4.69, 9.17) is 9.47 Å². The second kappa shape index (κ2) is 9.77. The Kier molecular flexibility index (Phi) is 6.79. The number of amides is 1. The predicted molar refractivity (Wildman–Crippen MR) is 131 cm³/mol. The number of carbonyl (C=O) groups is 1. The van der Waals surface area contributed by atoms with Gasteiger partial charge in [-0.05, 0) is 62.2 Å². The van der Waals surface area contributed by atoms with E-state index in [1.807, 2.05) is 45.0 Å². The van der Waals surface area contributed by atoms with Crippen LogP contribution in [-0.2, 0) is 14.8 Å². The number of hydrogen-bond acceptors (Lipinski definition) is 5. The van der Waals surface area contributed by atoms with Crippen LogP contribution in [0.1, 0.15) is 16.7 Å².